The van der Waals surface area contributed by atoms with Crippen molar-refractivity contribution < 1.29 is 4.79 Å². The summed E-state index contributed by atoms with van der Waals surface area (Å²) in [6, 6.07) is 0. The Hall–Kier alpha value is -1.69. The van der Waals surface area contributed by atoms with Gasteiger partial charge in [-0.25, -0.2) is 9.67 Å². The van der Waals surface area contributed by atoms with E-state index in [4.69, 9.17) is 11.6 Å². The Labute approximate surface area is 121 Å². The molecular formula is C13H16ClN5O. The van der Waals surface area contributed by atoms with Gasteiger partial charge in [0.05, 0.1) is 23.7 Å². The van der Waals surface area contributed by atoms with Crippen LogP contribution in [0.25, 0.3) is 11.0 Å². The summed E-state index contributed by atoms with van der Waals surface area (Å²) in [7, 11) is 0. The number of halogens is 1. The highest BCUT2D eigenvalue weighted by molar-refractivity contribution is 6.28. The average Bonchev–Trinajstić information content (AvgIpc) is 2.94. The molecule has 6 nitrogen and oxygen atoms in total. The number of fused-ring (bicyclic) bond motifs is 1. The lowest BCUT2D eigenvalue weighted by molar-refractivity contribution is -0.132. The fraction of sp³-hybridized carbons (Fsp3) is 0.538. The molecule has 1 fully saturated rings. The summed E-state index contributed by atoms with van der Waals surface area (Å²) < 4.78 is 1.81. The first-order chi connectivity index (χ1) is 9.49. The Morgan fingerprint density at radius 3 is 3.05 bits per heavy atom. The first-order valence-corrected chi connectivity index (χ1v) is 7.00. The largest absolute Gasteiger partial charge is 0.336 e. The van der Waals surface area contributed by atoms with Gasteiger partial charge in [-0.05, 0) is 31.4 Å². The zero-order chi connectivity index (χ0) is 14.3. The Morgan fingerprint density at radius 2 is 2.30 bits per heavy atom. The van der Waals surface area contributed by atoms with Gasteiger partial charge in [0, 0.05) is 19.7 Å². The summed E-state index contributed by atoms with van der Waals surface area (Å²) in [5.74, 6) is 0.106. The molecular weight excluding hydrogens is 278 g/mol. The van der Waals surface area contributed by atoms with Gasteiger partial charge in [-0.15, -0.1) is 0 Å². The number of hydrogen-bond donors (Lipinski definition) is 0. The van der Waals surface area contributed by atoms with Crippen molar-refractivity contribution in [2.24, 2.45) is 0 Å². The van der Waals surface area contributed by atoms with E-state index in [0.29, 0.717) is 12.2 Å². The second-order valence-corrected chi connectivity index (χ2v) is 5.83. The number of carbonyl (C=O) groups is 1. The highest BCUT2D eigenvalue weighted by Crippen LogP contribution is 2.31. The summed E-state index contributed by atoms with van der Waals surface area (Å²) in [4.78, 5) is 21.9. The maximum Gasteiger partial charge on any atom is 0.224 e. The van der Waals surface area contributed by atoms with Crippen LogP contribution in [0.3, 0.4) is 0 Å². The van der Waals surface area contributed by atoms with Crippen molar-refractivity contribution in [3.63, 3.8) is 0 Å². The van der Waals surface area contributed by atoms with Gasteiger partial charge in [0.25, 0.3) is 0 Å². The van der Waals surface area contributed by atoms with E-state index in [1.54, 1.807) is 19.3 Å². The maximum absolute atomic E-state index is 11.8. The molecule has 0 saturated carbocycles. The predicted molar refractivity (Wildman–Crippen MR) is 75.4 cm³/mol. The van der Waals surface area contributed by atoms with Crippen LogP contribution in [-0.4, -0.2) is 42.6 Å². The zero-order valence-corrected chi connectivity index (χ0v) is 12.3. The minimum Gasteiger partial charge on any atom is -0.336 e. The maximum atomic E-state index is 11.8. The Balaban J connectivity index is 1.96. The van der Waals surface area contributed by atoms with Gasteiger partial charge >= 0.3 is 0 Å². The first kappa shape index (κ1) is 13.3. The summed E-state index contributed by atoms with van der Waals surface area (Å²) in [5, 5.41) is 5.42. The topological polar surface area (TPSA) is 63.9 Å². The van der Waals surface area contributed by atoms with E-state index in [0.717, 1.165) is 24.8 Å². The van der Waals surface area contributed by atoms with Crippen molar-refractivity contribution in [3.8, 4) is 0 Å². The molecule has 106 valence electrons. The summed E-state index contributed by atoms with van der Waals surface area (Å²) >= 11 is 5.85. The summed E-state index contributed by atoms with van der Waals surface area (Å²) in [6.45, 7) is 5.13. The van der Waals surface area contributed by atoms with E-state index in [2.05, 4.69) is 22.0 Å². The van der Waals surface area contributed by atoms with Gasteiger partial charge in [-0.3, -0.25) is 4.79 Å². The second-order valence-electron chi connectivity index (χ2n) is 5.49. The molecule has 7 heteroatoms. The molecule has 1 aliphatic heterocycles. The van der Waals surface area contributed by atoms with Crippen molar-refractivity contribution >= 4 is 28.5 Å². The molecule has 0 bridgehead atoms. The van der Waals surface area contributed by atoms with Crippen molar-refractivity contribution in [2.75, 3.05) is 6.54 Å². The lowest BCUT2D eigenvalue weighted by Crippen LogP contribution is -2.47. The van der Waals surface area contributed by atoms with E-state index in [9.17, 15) is 4.79 Å². The van der Waals surface area contributed by atoms with Gasteiger partial charge in [0.2, 0.25) is 11.2 Å². The van der Waals surface area contributed by atoms with Gasteiger partial charge in [0.15, 0.2) is 5.65 Å². The minimum absolute atomic E-state index is 0.106. The number of aromatic nitrogens is 4. The zero-order valence-electron chi connectivity index (χ0n) is 11.5. The average molecular weight is 294 g/mol. The molecule has 0 aliphatic carbocycles. The molecule has 3 rings (SSSR count). The normalized spacial score (nSPS) is 22.6. The fourth-order valence-electron chi connectivity index (χ4n) is 3.01. The number of amides is 1. The number of likely N-dealkylation sites (tertiary alicyclic amines) is 1. The quantitative estimate of drug-likeness (QED) is 0.793. The van der Waals surface area contributed by atoms with E-state index < -0.39 is 0 Å². The standard InChI is InChI=1S/C13H16ClN5O/c1-9(20)18-5-3-4-13(18,2)8-19-11-10(7-16-19)6-15-12(14)17-11/h6-7H,3-5,8H2,1-2H3/t13-/m0/s1. The molecule has 2 aromatic rings. The van der Waals surface area contributed by atoms with Crippen LogP contribution < -0.4 is 0 Å². The molecule has 1 atom stereocenters. The SMILES string of the molecule is CC(=O)N1CCC[C@@]1(C)Cn1ncc2cnc(Cl)nc21. The Bertz CT molecular complexity index is 670. The monoisotopic (exact) mass is 293 g/mol. The predicted octanol–water partition coefficient (Wildman–Crippen LogP) is 1.88. The molecule has 0 aromatic carbocycles. The summed E-state index contributed by atoms with van der Waals surface area (Å²) in [6.07, 6.45) is 5.37. The van der Waals surface area contributed by atoms with E-state index in [1.165, 1.54) is 0 Å². The highest BCUT2D eigenvalue weighted by Gasteiger charge is 2.39. The number of hydrogen-bond acceptors (Lipinski definition) is 4. The smallest absolute Gasteiger partial charge is 0.224 e. The molecule has 1 saturated heterocycles. The third-order valence-electron chi connectivity index (χ3n) is 3.97. The van der Waals surface area contributed by atoms with E-state index in [-0.39, 0.29) is 16.7 Å². The minimum atomic E-state index is -0.220. The van der Waals surface area contributed by atoms with Crippen LogP contribution in [0.2, 0.25) is 5.28 Å². The molecule has 3 heterocycles. The molecule has 0 spiro atoms. The lowest BCUT2D eigenvalue weighted by atomic mass is 9.99. The molecule has 1 amide bonds. The van der Waals surface area contributed by atoms with Gasteiger partial charge in [0.1, 0.15) is 0 Å². The number of nitrogens with zero attached hydrogens (tertiary/aromatic N) is 5. The van der Waals surface area contributed by atoms with Crippen molar-refractivity contribution in [1.82, 2.24) is 24.6 Å². The van der Waals surface area contributed by atoms with Crippen LogP contribution in [0, 0.1) is 0 Å². The molecule has 0 radical (unpaired) electrons. The third-order valence-corrected chi connectivity index (χ3v) is 4.15. The van der Waals surface area contributed by atoms with Crippen molar-refractivity contribution in [1.29, 1.82) is 0 Å². The second kappa shape index (κ2) is 4.70. The van der Waals surface area contributed by atoms with Crippen LogP contribution in [0.4, 0.5) is 0 Å². The fourth-order valence-corrected chi connectivity index (χ4v) is 3.14. The van der Waals surface area contributed by atoms with Crippen LogP contribution in [-0.2, 0) is 11.3 Å². The van der Waals surface area contributed by atoms with Crippen LogP contribution in [0.1, 0.15) is 26.7 Å². The lowest BCUT2D eigenvalue weighted by Gasteiger charge is -2.34. The first-order valence-electron chi connectivity index (χ1n) is 6.62. The van der Waals surface area contributed by atoms with Gasteiger partial charge in [-0.1, -0.05) is 0 Å². The van der Waals surface area contributed by atoms with Crippen molar-refractivity contribution in [2.45, 2.75) is 38.8 Å². The Kier molecular flexibility index (Phi) is 3.12. The molecule has 20 heavy (non-hydrogen) atoms. The van der Waals surface area contributed by atoms with Gasteiger partial charge < -0.3 is 4.90 Å². The third kappa shape index (κ3) is 2.14. The van der Waals surface area contributed by atoms with Crippen LogP contribution >= 0.6 is 11.6 Å². The highest BCUT2D eigenvalue weighted by atomic mass is 35.5. The summed E-state index contributed by atoms with van der Waals surface area (Å²) in [5.41, 5.74) is 0.490. The Morgan fingerprint density at radius 1 is 1.50 bits per heavy atom. The van der Waals surface area contributed by atoms with Gasteiger partial charge in [-0.2, -0.15) is 10.1 Å². The molecule has 0 N–H and O–H groups in total. The van der Waals surface area contributed by atoms with E-state index in [1.807, 2.05) is 9.58 Å². The molecule has 0 unspecified atom stereocenters. The number of rotatable bonds is 2. The molecule has 1 aliphatic rings. The molecule has 2 aromatic heterocycles. The van der Waals surface area contributed by atoms with E-state index >= 15 is 0 Å². The van der Waals surface area contributed by atoms with Crippen molar-refractivity contribution in [3.05, 3.63) is 17.7 Å². The number of carbonyl (C=O) groups excluding carboxylic acids is 1. The van der Waals surface area contributed by atoms with Crippen LogP contribution in [0.5, 0.6) is 0 Å². The van der Waals surface area contributed by atoms with Crippen LogP contribution in [0.15, 0.2) is 12.4 Å².